The number of ether oxygens (including phenoxy) is 1. The fourth-order valence-corrected chi connectivity index (χ4v) is 1.12. The first-order valence-electron chi connectivity index (χ1n) is 4.61. The number of halogens is 1. The number of hydrogen-bond acceptors (Lipinski definition) is 3. The van der Waals surface area contributed by atoms with Gasteiger partial charge in [0, 0.05) is 11.6 Å². The molecule has 1 radical (unpaired) electrons. The quantitative estimate of drug-likeness (QED) is 0.441. The molecule has 3 nitrogen and oxygen atoms in total. The van der Waals surface area contributed by atoms with Gasteiger partial charge in [0.1, 0.15) is 5.82 Å². The minimum Gasteiger partial charge on any atom is -0.501 e. The molecule has 1 aromatic rings. The molecule has 0 bridgehead atoms. The Kier molecular flexibility index (Phi) is 4.22. The second-order valence-corrected chi connectivity index (χ2v) is 2.87. The summed E-state index contributed by atoms with van der Waals surface area (Å²) < 4.78 is 17.8. The van der Waals surface area contributed by atoms with E-state index in [0.717, 1.165) is 6.07 Å². The van der Waals surface area contributed by atoms with Crippen molar-refractivity contribution in [1.29, 1.82) is 5.26 Å². The fraction of sp³-hybridized carbons (Fsp3) is 0.167. The van der Waals surface area contributed by atoms with E-state index in [9.17, 15) is 9.18 Å². The minimum absolute atomic E-state index is 0.0781. The van der Waals surface area contributed by atoms with Crippen LogP contribution in [0.2, 0.25) is 0 Å². The van der Waals surface area contributed by atoms with Gasteiger partial charge in [0.25, 0.3) is 0 Å². The van der Waals surface area contributed by atoms with Gasteiger partial charge >= 0.3 is 0 Å². The molecule has 0 unspecified atom stereocenters. The molecule has 0 saturated carbocycles. The molecular weight excluding hydrogens is 209 g/mol. The van der Waals surface area contributed by atoms with Gasteiger partial charge in [-0.05, 0) is 19.1 Å². The highest BCUT2D eigenvalue weighted by atomic mass is 19.1. The number of allylic oxidation sites excluding steroid dienone is 1. The zero-order chi connectivity index (χ0) is 12.0. The Balaban J connectivity index is 3.20. The Labute approximate surface area is 92.8 Å². The Morgan fingerprint density at radius 2 is 2.50 bits per heavy atom. The lowest BCUT2D eigenvalue weighted by molar-refractivity contribution is -0.103. The van der Waals surface area contributed by atoms with Gasteiger partial charge in [-0.1, -0.05) is 0 Å². The van der Waals surface area contributed by atoms with Gasteiger partial charge < -0.3 is 4.74 Å². The highest BCUT2D eigenvalue weighted by Crippen LogP contribution is 2.18. The van der Waals surface area contributed by atoms with E-state index in [0.29, 0.717) is 18.5 Å². The molecule has 0 aliphatic rings. The van der Waals surface area contributed by atoms with E-state index >= 15 is 0 Å². The third kappa shape index (κ3) is 2.67. The number of benzene rings is 1. The molecule has 4 heteroatoms. The van der Waals surface area contributed by atoms with E-state index in [-0.39, 0.29) is 11.1 Å². The second kappa shape index (κ2) is 5.66. The van der Waals surface area contributed by atoms with Gasteiger partial charge in [-0.3, -0.25) is 4.79 Å². The van der Waals surface area contributed by atoms with Crippen molar-refractivity contribution in [2.24, 2.45) is 0 Å². The average molecular weight is 218 g/mol. The monoisotopic (exact) mass is 218 g/mol. The Bertz CT molecular complexity index is 461. The first-order chi connectivity index (χ1) is 7.72. The van der Waals surface area contributed by atoms with Crippen molar-refractivity contribution >= 4 is 11.9 Å². The summed E-state index contributed by atoms with van der Waals surface area (Å²) in [5.74, 6) is -0.637. The predicted molar refractivity (Wildman–Crippen MR) is 55.6 cm³/mol. The van der Waals surface area contributed by atoms with Crippen molar-refractivity contribution in [3.8, 4) is 6.07 Å². The molecule has 0 N–H and O–H groups in total. The summed E-state index contributed by atoms with van der Waals surface area (Å²) in [6, 6.07) is 6.39. The molecule has 16 heavy (non-hydrogen) atoms. The van der Waals surface area contributed by atoms with E-state index < -0.39 is 5.82 Å². The van der Waals surface area contributed by atoms with Crippen molar-refractivity contribution in [2.75, 3.05) is 6.61 Å². The Hall–Kier alpha value is -2.15. The van der Waals surface area contributed by atoms with E-state index in [4.69, 9.17) is 10.00 Å². The average Bonchev–Trinajstić information content (AvgIpc) is 2.31. The number of nitrogens with zero attached hydrogens (tertiary/aromatic N) is 1. The van der Waals surface area contributed by atoms with Crippen LogP contribution in [0.25, 0.3) is 5.57 Å². The summed E-state index contributed by atoms with van der Waals surface area (Å²) in [7, 11) is 0. The molecule has 0 aliphatic heterocycles. The van der Waals surface area contributed by atoms with Crippen molar-refractivity contribution < 1.29 is 13.9 Å². The summed E-state index contributed by atoms with van der Waals surface area (Å²) in [5, 5.41) is 8.80. The predicted octanol–water partition coefficient (Wildman–Crippen LogP) is 2.07. The summed E-state index contributed by atoms with van der Waals surface area (Å²) >= 11 is 0. The lowest BCUT2D eigenvalue weighted by atomic mass is 10.0. The van der Waals surface area contributed by atoms with Crippen LogP contribution >= 0.6 is 0 Å². The topological polar surface area (TPSA) is 50.1 Å². The first kappa shape index (κ1) is 11.9. The molecular formula is C12H9FNO2. The Morgan fingerprint density at radius 3 is 3.06 bits per heavy atom. The molecule has 1 aromatic carbocycles. The Morgan fingerprint density at radius 1 is 1.75 bits per heavy atom. The number of aldehydes is 1. The van der Waals surface area contributed by atoms with E-state index in [1.54, 1.807) is 6.92 Å². The number of nitriles is 1. The van der Waals surface area contributed by atoms with E-state index in [2.05, 4.69) is 6.07 Å². The molecule has 0 aliphatic carbocycles. The van der Waals surface area contributed by atoms with Crippen LogP contribution in [0.4, 0.5) is 4.39 Å². The van der Waals surface area contributed by atoms with Crippen LogP contribution in [0.3, 0.4) is 0 Å². The summed E-state index contributed by atoms with van der Waals surface area (Å²) in [6.45, 7) is 2.17. The fourth-order valence-electron chi connectivity index (χ4n) is 1.12. The van der Waals surface area contributed by atoms with Crippen LogP contribution < -0.4 is 0 Å². The smallest absolute Gasteiger partial charge is 0.153 e. The molecule has 0 atom stereocenters. The van der Waals surface area contributed by atoms with Gasteiger partial charge in [0.05, 0.1) is 30.1 Å². The van der Waals surface area contributed by atoms with Gasteiger partial charge in [-0.15, -0.1) is 0 Å². The third-order valence-corrected chi connectivity index (χ3v) is 1.85. The summed E-state index contributed by atoms with van der Waals surface area (Å²) in [6.07, 6.45) is 1.80. The van der Waals surface area contributed by atoms with E-state index in [1.165, 1.54) is 12.3 Å². The SMILES string of the molecule is CCOC=C(C=O)c1c[c]c(F)cc1C#N. The van der Waals surface area contributed by atoms with E-state index in [1.807, 2.05) is 6.07 Å². The largest absolute Gasteiger partial charge is 0.501 e. The zero-order valence-corrected chi connectivity index (χ0v) is 8.66. The number of carbonyl (C=O) groups excluding carboxylic acids is 1. The molecule has 0 heterocycles. The van der Waals surface area contributed by atoms with Gasteiger partial charge in [-0.25, -0.2) is 4.39 Å². The first-order valence-corrected chi connectivity index (χ1v) is 4.61. The molecule has 1 rings (SSSR count). The maximum Gasteiger partial charge on any atom is 0.153 e. The van der Waals surface area contributed by atoms with Gasteiger partial charge in [0.15, 0.2) is 6.29 Å². The minimum atomic E-state index is -0.637. The van der Waals surface area contributed by atoms with Crippen molar-refractivity contribution in [1.82, 2.24) is 0 Å². The lowest BCUT2D eigenvalue weighted by Gasteiger charge is -2.03. The lowest BCUT2D eigenvalue weighted by Crippen LogP contribution is -1.94. The normalized spacial score (nSPS) is 10.7. The van der Waals surface area contributed by atoms with Crippen molar-refractivity contribution in [3.05, 3.63) is 41.4 Å². The second-order valence-electron chi connectivity index (χ2n) is 2.87. The maximum absolute atomic E-state index is 12.8. The molecule has 0 aromatic heterocycles. The third-order valence-electron chi connectivity index (χ3n) is 1.85. The van der Waals surface area contributed by atoms with Crippen LogP contribution in [-0.4, -0.2) is 12.9 Å². The molecule has 0 amide bonds. The summed E-state index contributed by atoms with van der Waals surface area (Å²) in [4.78, 5) is 10.8. The van der Waals surface area contributed by atoms with Crippen molar-refractivity contribution in [2.45, 2.75) is 6.92 Å². The van der Waals surface area contributed by atoms with Crippen LogP contribution in [0.1, 0.15) is 18.1 Å². The van der Waals surface area contributed by atoms with Crippen LogP contribution in [0.5, 0.6) is 0 Å². The standard InChI is InChI=1S/C12H9FNO2/c1-2-16-8-10(7-15)12-4-3-11(13)5-9(12)6-14/h4-5,7-8H,2H2,1H3. The van der Waals surface area contributed by atoms with Gasteiger partial charge in [0.2, 0.25) is 0 Å². The number of rotatable bonds is 4. The van der Waals surface area contributed by atoms with Crippen molar-refractivity contribution in [3.63, 3.8) is 0 Å². The maximum atomic E-state index is 12.8. The van der Waals surface area contributed by atoms with Crippen LogP contribution in [0.15, 0.2) is 18.4 Å². The molecule has 0 fully saturated rings. The van der Waals surface area contributed by atoms with Crippen LogP contribution in [-0.2, 0) is 9.53 Å². The molecule has 0 spiro atoms. The van der Waals surface area contributed by atoms with Gasteiger partial charge in [-0.2, -0.15) is 5.26 Å². The number of hydrogen-bond donors (Lipinski definition) is 0. The number of carbonyl (C=O) groups is 1. The molecule has 81 valence electrons. The summed E-state index contributed by atoms with van der Waals surface area (Å²) in [5.41, 5.74) is 0.580. The molecule has 0 saturated heterocycles. The highest BCUT2D eigenvalue weighted by Gasteiger charge is 2.08. The van der Waals surface area contributed by atoms with Crippen LogP contribution in [0, 0.1) is 23.2 Å². The zero-order valence-electron chi connectivity index (χ0n) is 8.66. The highest BCUT2D eigenvalue weighted by molar-refractivity contribution is 6.07.